The molecule has 18 heavy (non-hydrogen) atoms. The number of nitrogens with zero attached hydrogens (tertiary/aromatic N) is 1. The van der Waals surface area contributed by atoms with Crippen LogP contribution >= 0.6 is 11.6 Å². The fraction of sp³-hybridized carbons (Fsp3) is 0.462. The molecule has 0 saturated carbocycles. The van der Waals surface area contributed by atoms with E-state index in [0.29, 0.717) is 48.9 Å². The van der Waals surface area contributed by atoms with Crippen LogP contribution in [0, 0.1) is 11.3 Å². The van der Waals surface area contributed by atoms with E-state index < -0.39 is 5.60 Å². The van der Waals surface area contributed by atoms with E-state index in [4.69, 9.17) is 21.6 Å². The molecule has 1 heterocycles. The van der Waals surface area contributed by atoms with Gasteiger partial charge in [-0.1, -0.05) is 17.7 Å². The largest absolute Gasteiger partial charge is 0.388 e. The molecular weight excluding hydrogens is 252 g/mol. The predicted octanol–water partition coefficient (Wildman–Crippen LogP) is 2.17. The van der Waals surface area contributed by atoms with Crippen LogP contribution in [0.25, 0.3) is 0 Å². The van der Waals surface area contributed by atoms with Crippen LogP contribution in [0.5, 0.6) is 0 Å². The number of benzene rings is 1. The Hall–Kier alpha value is -1.28. The lowest BCUT2D eigenvalue weighted by atomic mass is 9.94. The molecule has 0 aliphatic carbocycles. The predicted molar refractivity (Wildman–Crippen MR) is 69.7 cm³/mol. The summed E-state index contributed by atoms with van der Waals surface area (Å²) in [6.45, 7) is 1.53. The SMILES string of the molecule is N#Cc1c(Cl)cccc1NCC1(O)CCOCC1. The van der Waals surface area contributed by atoms with Crippen LogP contribution in [-0.4, -0.2) is 30.5 Å². The standard InChI is InChI=1S/C13H15ClN2O2/c14-11-2-1-3-12(10(11)8-15)16-9-13(17)4-6-18-7-5-13/h1-3,16-17H,4-7,9H2. The van der Waals surface area contributed by atoms with Gasteiger partial charge in [0.2, 0.25) is 0 Å². The highest BCUT2D eigenvalue weighted by molar-refractivity contribution is 6.32. The Balaban J connectivity index is 2.06. The number of hydrogen-bond acceptors (Lipinski definition) is 4. The molecule has 5 heteroatoms. The Labute approximate surface area is 111 Å². The Bertz CT molecular complexity index is 465. The third kappa shape index (κ3) is 2.94. The van der Waals surface area contributed by atoms with Gasteiger partial charge in [0.25, 0.3) is 0 Å². The minimum Gasteiger partial charge on any atom is -0.388 e. The number of aliphatic hydroxyl groups is 1. The maximum absolute atomic E-state index is 10.3. The number of hydrogen-bond donors (Lipinski definition) is 2. The summed E-state index contributed by atoms with van der Waals surface area (Å²) in [7, 11) is 0. The Kier molecular flexibility index (Phi) is 4.07. The van der Waals surface area contributed by atoms with Crippen molar-refractivity contribution in [2.24, 2.45) is 0 Å². The van der Waals surface area contributed by atoms with E-state index >= 15 is 0 Å². The van der Waals surface area contributed by atoms with Crippen LogP contribution < -0.4 is 5.32 Å². The van der Waals surface area contributed by atoms with E-state index in [-0.39, 0.29) is 0 Å². The van der Waals surface area contributed by atoms with Crippen LogP contribution in [0.15, 0.2) is 18.2 Å². The number of nitrogens with one attached hydrogen (secondary N) is 1. The molecular formula is C13H15ClN2O2. The van der Waals surface area contributed by atoms with Gasteiger partial charge >= 0.3 is 0 Å². The second-order valence-corrected chi connectivity index (χ2v) is 4.87. The van der Waals surface area contributed by atoms with Gasteiger partial charge in [0, 0.05) is 32.6 Å². The van der Waals surface area contributed by atoms with Crippen molar-refractivity contribution in [2.45, 2.75) is 18.4 Å². The first-order valence-corrected chi connectivity index (χ1v) is 6.25. The van der Waals surface area contributed by atoms with Gasteiger partial charge in [-0.15, -0.1) is 0 Å². The van der Waals surface area contributed by atoms with E-state index in [1.807, 2.05) is 0 Å². The summed E-state index contributed by atoms with van der Waals surface area (Å²) < 4.78 is 5.22. The zero-order chi connectivity index (χ0) is 13.0. The number of halogens is 1. The molecule has 0 radical (unpaired) electrons. The summed E-state index contributed by atoms with van der Waals surface area (Å²) in [5, 5.41) is 22.9. The average Bonchev–Trinajstić information content (AvgIpc) is 2.37. The van der Waals surface area contributed by atoms with Crippen molar-refractivity contribution >= 4 is 17.3 Å². The van der Waals surface area contributed by atoms with Gasteiger partial charge in [0.05, 0.1) is 21.9 Å². The molecule has 0 unspecified atom stereocenters. The van der Waals surface area contributed by atoms with Crippen LogP contribution in [-0.2, 0) is 4.74 Å². The zero-order valence-corrected chi connectivity index (χ0v) is 10.7. The van der Waals surface area contributed by atoms with Crippen LogP contribution in [0.4, 0.5) is 5.69 Å². The highest BCUT2D eigenvalue weighted by Gasteiger charge is 2.29. The van der Waals surface area contributed by atoms with Gasteiger partial charge in [-0.2, -0.15) is 5.26 Å². The second-order valence-electron chi connectivity index (χ2n) is 4.46. The topological polar surface area (TPSA) is 65.3 Å². The lowest BCUT2D eigenvalue weighted by Gasteiger charge is -2.32. The Morgan fingerprint density at radius 3 is 2.83 bits per heavy atom. The lowest BCUT2D eigenvalue weighted by molar-refractivity contribution is -0.0543. The highest BCUT2D eigenvalue weighted by atomic mass is 35.5. The van der Waals surface area contributed by atoms with E-state index in [0.717, 1.165) is 0 Å². The maximum atomic E-state index is 10.3. The van der Waals surface area contributed by atoms with Crippen molar-refractivity contribution in [1.82, 2.24) is 0 Å². The lowest BCUT2D eigenvalue weighted by Crippen LogP contribution is -2.42. The smallest absolute Gasteiger partial charge is 0.103 e. The maximum Gasteiger partial charge on any atom is 0.103 e. The number of anilines is 1. The molecule has 1 aliphatic heterocycles. The van der Waals surface area contributed by atoms with Crippen LogP contribution in [0.2, 0.25) is 5.02 Å². The third-order valence-electron chi connectivity index (χ3n) is 3.16. The van der Waals surface area contributed by atoms with Crippen molar-refractivity contribution in [3.05, 3.63) is 28.8 Å². The molecule has 2 rings (SSSR count). The second kappa shape index (κ2) is 5.57. The summed E-state index contributed by atoms with van der Waals surface area (Å²) in [5.41, 5.74) is 0.299. The normalized spacial score (nSPS) is 18.1. The average molecular weight is 267 g/mol. The van der Waals surface area contributed by atoms with Gasteiger partial charge in [-0.25, -0.2) is 0 Å². The Morgan fingerprint density at radius 1 is 1.44 bits per heavy atom. The molecule has 4 nitrogen and oxygen atoms in total. The van der Waals surface area contributed by atoms with Crippen molar-refractivity contribution in [3.63, 3.8) is 0 Å². The molecule has 1 saturated heterocycles. The van der Waals surface area contributed by atoms with E-state index in [9.17, 15) is 5.11 Å². The fourth-order valence-electron chi connectivity index (χ4n) is 1.97. The molecule has 0 amide bonds. The first kappa shape index (κ1) is 13.2. The van der Waals surface area contributed by atoms with Crippen LogP contribution in [0.3, 0.4) is 0 Å². The molecule has 0 spiro atoms. The minimum absolute atomic E-state index is 0.394. The zero-order valence-electron chi connectivity index (χ0n) is 9.95. The van der Waals surface area contributed by atoms with E-state index in [1.54, 1.807) is 18.2 Å². The van der Waals surface area contributed by atoms with Gasteiger partial charge < -0.3 is 15.2 Å². The van der Waals surface area contributed by atoms with Gasteiger partial charge in [0.1, 0.15) is 6.07 Å². The molecule has 0 aromatic heterocycles. The molecule has 1 fully saturated rings. The molecule has 0 atom stereocenters. The van der Waals surface area contributed by atoms with Gasteiger partial charge in [0.15, 0.2) is 0 Å². The van der Waals surface area contributed by atoms with Gasteiger partial charge in [-0.05, 0) is 12.1 Å². The van der Waals surface area contributed by atoms with Gasteiger partial charge in [-0.3, -0.25) is 0 Å². The molecule has 1 aromatic carbocycles. The van der Waals surface area contributed by atoms with Crippen molar-refractivity contribution in [2.75, 3.05) is 25.1 Å². The van der Waals surface area contributed by atoms with Crippen molar-refractivity contribution in [3.8, 4) is 6.07 Å². The fourth-order valence-corrected chi connectivity index (χ4v) is 2.19. The minimum atomic E-state index is -0.771. The molecule has 2 N–H and O–H groups in total. The first-order chi connectivity index (χ1) is 8.64. The van der Waals surface area contributed by atoms with E-state index in [2.05, 4.69) is 11.4 Å². The number of nitriles is 1. The summed E-state index contributed by atoms with van der Waals surface area (Å²) in [4.78, 5) is 0. The molecule has 1 aromatic rings. The van der Waals surface area contributed by atoms with Crippen molar-refractivity contribution < 1.29 is 9.84 Å². The monoisotopic (exact) mass is 266 g/mol. The molecule has 0 bridgehead atoms. The summed E-state index contributed by atoms with van der Waals surface area (Å²) >= 11 is 5.94. The van der Waals surface area contributed by atoms with Crippen LogP contribution in [0.1, 0.15) is 18.4 Å². The Morgan fingerprint density at radius 2 is 2.17 bits per heavy atom. The molecule has 1 aliphatic rings. The highest BCUT2D eigenvalue weighted by Crippen LogP contribution is 2.26. The van der Waals surface area contributed by atoms with E-state index in [1.165, 1.54) is 0 Å². The summed E-state index contributed by atoms with van der Waals surface area (Å²) in [5.74, 6) is 0. The third-order valence-corrected chi connectivity index (χ3v) is 3.47. The number of rotatable bonds is 3. The summed E-state index contributed by atoms with van der Waals surface area (Å²) in [6, 6.07) is 7.30. The molecule has 96 valence electrons. The van der Waals surface area contributed by atoms with Crippen molar-refractivity contribution in [1.29, 1.82) is 5.26 Å². The first-order valence-electron chi connectivity index (χ1n) is 5.87. The number of ether oxygens (including phenoxy) is 1. The quantitative estimate of drug-likeness (QED) is 0.880. The summed E-state index contributed by atoms with van der Waals surface area (Å²) in [6.07, 6.45) is 1.20.